The van der Waals surface area contributed by atoms with E-state index in [1.54, 1.807) is 19.9 Å². The molecule has 0 unspecified atom stereocenters. The molecule has 1 aromatic carbocycles. The van der Waals surface area contributed by atoms with Gasteiger partial charge in [-0.1, -0.05) is 31.5 Å². The lowest BCUT2D eigenvalue weighted by Crippen LogP contribution is -1.99. The minimum atomic E-state index is -0.599. The maximum atomic E-state index is 11.1. The lowest BCUT2D eigenvalue weighted by atomic mass is 10.1. The highest BCUT2D eigenvalue weighted by Gasteiger charge is 2.29. The summed E-state index contributed by atoms with van der Waals surface area (Å²) in [4.78, 5) is 20.8. The van der Waals surface area contributed by atoms with Crippen molar-refractivity contribution in [3.05, 3.63) is 55.3 Å². The third-order valence-electron chi connectivity index (χ3n) is 2.85. The number of nitro benzene ring substituents is 1. The van der Waals surface area contributed by atoms with Gasteiger partial charge in [-0.15, -0.1) is 0 Å². The third-order valence-corrected chi connectivity index (χ3v) is 3.19. The molecule has 0 saturated heterocycles. The number of non-ortho nitro benzene ring substituents is 1. The Hall–Kier alpha value is -2.48. The average Bonchev–Trinajstić information content (AvgIpc) is 2.76. The number of halogens is 1. The van der Waals surface area contributed by atoms with Crippen LogP contribution >= 0.6 is 11.6 Å². The zero-order valence-electron chi connectivity index (χ0n) is 11.2. The van der Waals surface area contributed by atoms with Crippen molar-refractivity contribution in [3.8, 4) is 5.69 Å². The van der Waals surface area contributed by atoms with Crippen molar-refractivity contribution >= 4 is 23.0 Å². The number of nitrogens with zero attached hydrogens (tertiary/aromatic N) is 4. The van der Waals surface area contributed by atoms with Gasteiger partial charge in [0.25, 0.3) is 5.69 Å². The first-order valence-electron chi connectivity index (χ1n) is 6.00. The van der Waals surface area contributed by atoms with Gasteiger partial charge in [-0.3, -0.25) is 20.2 Å². The first-order chi connectivity index (χ1) is 9.82. The molecule has 0 atom stereocenters. The van der Waals surface area contributed by atoms with Gasteiger partial charge in [-0.05, 0) is 6.07 Å². The SMILES string of the molecule is CC(C)c1nn(-c2cccc([N+](=O)[O-])c2)c(Cl)c1[N+](=O)[O-]. The van der Waals surface area contributed by atoms with Crippen molar-refractivity contribution in [2.75, 3.05) is 0 Å². The first kappa shape index (κ1) is 14.9. The molecule has 0 N–H and O–H groups in total. The topological polar surface area (TPSA) is 104 Å². The van der Waals surface area contributed by atoms with Crippen LogP contribution in [0.25, 0.3) is 5.69 Å². The van der Waals surface area contributed by atoms with Crippen LogP contribution in [0.1, 0.15) is 25.5 Å². The number of hydrogen-bond donors (Lipinski definition) is 0. The molecule has 0 radical (unpaired) electrons. The van der Waals surface area contributed by atoms with Crippen molar-refractivity contribution in [1.29, 1.82) is 0 Å². The molecule has 9 heteroatoms. The standard InChI is InChI=1S/C12H11ClN4O4/c1-7(2)10-11(17(20)21)12(13)15(14-10)8-4-3-5-9(6-8)16(18)19/h3-7H,1-2H3. The van der Waals surface area contributed by atoms with E-state index in [2.05, 4.69) is 5.10 Å². The van der Waals surface area contributed by atoms with Gasteiger partial charge >= 0.3 is 5.69 Å². The molecule has 0 aliphatic rings. The van der Waals surface area contributed by atoms with Gasteiger partial charge in [0.15, 0.2) is 0 Å². The Kier molecular flexibility index (Phi) is 3.90. The van der Waals surface area contributed by atoms with Crippen LogP contribution in [0.3, 0.4) is 0 Å². The van der Waals surface area contributed by atoms with Crippen LogP contribution in [-0.2, 0) is 0 Å². The Morgan fingerprint density at radius 1 is 1.24 bits per heavy atom. The van der Waals surface area contributed by atoms with Gasteiger partial charge in [0.05, 0.1) is 15.5 Å². The van der Waals surface area contributed by atoms with Crippen molar-refractivity contribution in [2.45, 2.75) is 19.8 Å². The van der Waals surface area contributed by atoms with Gasteiger partial charge in [0.2, 0.25) is 5.15 Å². The minimum absolute atomic E-state index is 0.146. The molecule has 0 fully saturated rings. The molecule has 2 aromatic rings. The second-order valence-electron chi connectivity index (χ2n) is 4.63. The Morgan fingerprint density at radius 2 is 1.90 bits per heavy atom. The lowest BCUT2D eigenvalue weighted by Gasteiger charge is -2.02. The van der Waals surface area contributed by atoms with E-state index in [0.29, 0.717) is 5.69 Å². The maximum Gasteiger partial charge on any atom is 0.329 e. The van der Waals surface area contributed by atoms with E-state index in [4.69, 9.17) is 11.6 Å². The number of hydrogen-bond acceptors (Lipinski definition) is 5. The van der Waals surface area contributed by atoms with E-state index in [1.165, 1.54) is 18.2 Å². The molecule has 0 aliphatic heterocycles. The average molecular weight is 311 g/mol. The summed E-state index contributed by atoms with van der Waals surface area (Å²) in [6.45, 7) is 3.51. The lowest BCUT2D eigenvalue weighted by molar-refractivity contribution is -0.385. The molecular weight excluding hydrogens is 300 g/mol. The van der Waals surface area contributed by atoms with Crippen molar-refractivity contribution in [3.63, 3.8) is 0 Å². The minimum Gasteiger partial charge on any atom is -0.258 e. The summed E-state index contributed by atoms with van der Waals surface area (Å²) in [5.74, 6) is -0.206. The number of aromatic nitrogens is 2. The molecule has 0 bridgehead atoms. The van der Waals surface area contributed by atoms with Crippen LogP contribution in [-0.4, -0.2) is 19.6 Å². The maximum absolute atomic E-state index is 11.1. The number of rotatable bonds is 4. The molecule has 0 spiro atoms. The van der Waals surface area contributed by atoms with Gasteiger partial charge in [0, 0.05) is 18.1 Å². The van der Waals surface area contributed by atoms with E-state index in [-0.39, 0.29) is 28.1 Å². The van der Waals surface area contributed by atoms with E-state index in [9.17, 15) is 20.2 Å². The molecule has 8 nitrogen and oxygen atoms in total. The van der Waals surface area contributed by atoms with Crippen LogP contribution in [0, 0.1) is 20.2 Å². The summed E-state index contributed by atoms with van der Waals surface area (Å²) in [6, 6.07) is 5.58. The van der Waals surface area contributed by atoms with E-state index < -0.39 is 9.85 Å². The van der Waals surface area contributed by atoms with Crippen LogP contribution in [0.2, 0.25) is 5.15 Å². The fourth-order valence-electron chi connectivity index (χ4n) is 1.87. The largest absolute Gasteiger partial charge is 0.329 e. The highest BCUT2D eigenvalue weighted by atomic mass is 35.5. The van der Waals surface area contributed by atoms with Crippen molar-refractivity contribution in [2.24, 2.45) is 0 Å². The summed E-state index contributed by atoms with van der Waals surface area (Å²) >= 11 is 6.02. The van der Waals surface area contributed by atoms with Crippen molar-refractivity contribution in [1.82, 2.24) is 9.78 Å². The van der Waals surface area contributed by atoms with E-state index in [0.717, 1.165) is 4.68 Å². The zero-order chi connectivity index (χ0) is 15.7. The van der Waals surface area contributed by atoms with Crippen molar-refractivity contribution < 1.29 is 9.85 Å². The highest BCUT2D eigenvalue weighted by molar-refractivity contribution is 6.32. The Labute approximate surface area is 124 Å². The predicted octanol–water partition coefficient (Wildman–Crippen LogP) is 3.47. The van der Waals surface area contributed by atoms with E-state index in [1.807, 2.05) is 0 Å². The first-order valence-corrected chi connectivity index (χ1v) is 6.38. The Balaban J connectivity index is 2.65. The van der Waals surface area contributed by atoms with Crippen LogP contribution in [0.15, 0.2) is 24.3 Å². The van der Waals surface area contributed by atoms with Gasteiger partial charge in [0.1, 0.15) is 5.69 Å². The predicted molar refractivity (Wildman–Crippen MR) is 76.0 cm³/mol. The molecule has 0 aliphatic carbocycles. The second-order valence-corrected chi connectivity index (χ2v) is 4.98. The normalized spacial score (nSPS) is 10.9. The molecule has 0 amide bonds. The molecule has 21 heavy (non-hydrogen) atoms. The molecular formula is C12H11ClN4O4. The van der Waals surface area contributed by atoms with Gasteiger partial charge < -0.3 is 0 Å². The summed E-state index contributed by atoms with van der Waals surface area (Å²) in [5, 5.41) is 25.9. The fourth-order valence-corrected chi connectivity index (χ4v) is 2.17. The summed E-state index contributed by atoms with van der Waals surface area (Å²) < 4.78 is 1.14. The van der Waals surface area contributed by atoms with Gasteiger partial charge in [-0.2, -0.15) is 5.10 Å². The Bertz CT molecular complexity index is 726. The van der Waals surface area contributed by atoms with Gasteiger partial charge in [-0.25, -0.2) is 4.68 Å². The fraction of sp³-hybridized carbons (Fsp3) is 0.250. The number of nitro groups is 2. The molecule has 1 heterocycles. The zero-order valence-corrected chi connectivity index (χ0v) is 11.9. The third kappa shape index (κ3) is 2.70. The van der Waals surface area contributed by atoms with Crippen LogP contribution in [0.4, 0.5) is 11.4 Å². The summed E-state index contributed by atoms with van der Waals surface area (Å²) in [5.41, 5.74) is 0.103. The molecule has 2 rings (SSSR count). The van der Waals surface area contributed by atoms with Crippen LogP contribution < -0.4 is 0 Å². The smallest absolute Gasteiger partial charge is 0.258 e. The molecule has 1 aromatic heterocycles. The Morgan fingerprint density at radius 3 is 2.38 bits per heavy atom. The quantitative estimate of drug-likeness (QED) is 0.635. The van der Waals surface area contributed by atoms with Crippen LogP contribution in [0.5, 0.6) is 0 Å². The monoisotopic (exact) mass is 310 g/mol. The summed E-state index contributed by atoms with van der Waals surface area (Å²) in [7, 11) is 0. The molecule has 0 saturated carbocycles. The number of benzene rings is 1. The highest BCUT2D eigenvalue weighted by Crippen LogP contribution is 2.35. The summed E-state index contributed by atoms with van der Waals surface area (Å²) in [6.07, 6.45) is 0. The molecule has 110 valence electrons. The second kappa shape index (κ2) is 5.49. The van der Waals surface area contributed by atoms with E-state index >= 15 is 0 Å².